The molecule has 4 N–H and O–H groups in total. The number of anilines is 1. The number of guanidine groups is 1. The molecule has 1 heterocycles. The van der Waals surface area contributed by atoms with Crippen LogP contribution in [0, 0.1) is 0 Å². The standard InChI is InChI=1S/C21H25ClN4O2/c1-2-23-21(25-13-19(27)16-8-3-5-9-17(16)22)24-12-14-11-20(28)26-18-10-6-4-7-15(14)18/h3-10,14,19,27H,2,11-13H2,1H3,(H,26,28)(H2,23,24,25). The molecule has 0 aliphatic carbocycles. The second-order valence-corrected chi connectivity index (χ2v) is 7.08. The second-order valence-electron chi connectivity index (χ2n) is 6.67. The summed E-state index contributed by atoms with van der Waals surface area (Å²) in [5, 5.41) is 20.3. The van der Waals surface area contributed by atoms with Crippen LogP contribution in [-0.4, -0.2) is 36.6 Å². The number of amides is 1. The largest absolute Gasteiger partial charge is 0.386 e. The SMILES string of the molecule is CCNC(=NCC(O)c1ccccc1Cl)NCC1CC(=O)Nc2ccccc21. The number of aliphatic hydroxyl groups is 1. The van der Waals surface area contributed by atoms with E-state index in [-0.39, 0.29) is 18.4 Å². The molecule has 0 radical (unpaired) electrons. The molecule has 1 aliphatic heterocycles. The van der Waals surface area contributed by atoms with Gasteiger partial charge in [-0.05, 0) is 24.6 Å². The van der Waals surface area contributed by atoms with Crippen molar-refractivity contribution < 1.29 is 9.90 Å². The fourth-order valence-electron chi connectivity index (χ4n) is 3.27. The van der Waals surface area contributed by atoms with E-state index >= 15 is 0 Å². The zero-order valence-corrected chi connectivity index (χ0v) is 16.5. The summed E-state index contributed by atoms with van der Waals surface area (Å²) in [5.74, 6) is 0.668. The van der Waals surface area contributed by atoms with E-state index in [0.717, 1.165) is 11.3 Å². The molecule has 28 heavy (non-hydrogen) atoms. The molecule has 0 spiro atoms. The number of carbonyl (C=O) groups is 1. The minimum absolute atomic E-state index is 0.0154. The van der Waals surface area contributed by atoms with Crippen molar-refractivity contribution in [1.29, 1.82) is 0 Å². The third kappa shape index (κ3) is 5.03. The Morgan fingerprint density at radius 2 is 2.00 bits per heavy atom. The molecule has 2 atom stereocenters. The first-order valence-electron chi connectivity index (χ1n) is 9.42. The Morgan fingerprint density at radius 1 is 1.25 bits per heavy atom. The van der Waals surface area contributed by atoms with Gasteiger partial charge in [0.25, 0.3) is 0 Å². The van der Waals surface area contributed by atoms with Crippen molar-refractivity contribution in [3.63, 3.8) is 0 Å². The molecule has 1 amide bonds. The average Bonchev–Trinajstić information content (AvgIpc) is 2.69. The summed E-state index contributed by atoms with van der Waals surface area (Å²) in [4.78, 5) is 16.5. The van der Waals surface area contributed by atoms with Gasteiger partial charge >= 0.3 is 0 Å². The molecule has 7 heteroatoms. The number of halogens is 1. The lowest BCUT2D eigenvalue weighted by Gasteiger charge is -2.26. The minimum atomic E-state index is -0.787. The first kappa shape index (κ1) is 20.2. The lowest BCUT2D eigenvalue weighted by Crippen LogP contribution is -2.41. The number of rotatable bonds is 6. The summed E-state index contributed by atoms with van der Waals surface area (Å²) in [6.07, 6.45) is -0.364. The van der Waals surface area contributed by atoms with Crippen LogP contribution < -0.4 is 16.0 Å². The fraction of sp³-hybridized carbons (Fsp3) is 0.333. The van der Waals surface area contributed by atoms with Gasteiger partial charge in [-0.2, -0.15) is 0 Å². The van der Waals surface area contributed by atoms with Crippen LogP contribution in [0.3, 0.4) is 0 Å². The second kappa shape index (κ2) is 9.57. The Labute approximate surface area is 170 Å². The molecule has 1 aliphatic rings. The lowest BCUT2D eigenvalue weighted by molar-refractivity contribution is -0.116. The number of para-hydroxylation sites is 1. The smallest absolute Gasteiger partial charge is 0.225 e. The first-order valence-corrected chi connectivity index (χ1v) is 9.79. The van der Waals surface area contributed by atoms with Crippen molar-refractivity contribution in [2.45, 2.75) is 25.4 Å². The first-order chi connectivity index (χ1) is 13.6. The Hall–Kier alpha value is -2.57. The number of fused-ring (bicyclic) bond motifs is 1. The zero-order valence-electron chi connectivity index (χ0n) is 15.8. The van der Waals surface area contributed by atoms with Crippen molar-refractivity contribution >= 4 is 29.2 Å². The van der Waals surface area contributed by atoms with E-state index in [1.165, 1.54) is 0 Å². The van der Waals surface area contributed by atoms with E-state index in [0.29, 0.717) is 36.1 Å². The highest BCUT2D eigenvalue weighted by atomic mass is 35.5. The van der Waals surface area contributed by atoms with Gasteiger partial charge in [0.05, 0.1) is 6.54 Å². The van der Waals surface area contributed by atoms with Gasteiger partial charge in [-0.3, -0.25) is 9.79 Å². The normalized spacial score (nSPS) is 17.5. The quantitative estimate of drug-likeness (QED) is 0.443. The van der Waals surface area contributed by atoms with Crippen molar-refractivity contribution in [3.05, 3.63) is 64.7 Å². The number of hydrogen-bond donors (Lipinski definition) is 4. The van der Waals surface area contributed by atoms with Crippen LogP contribution in [0.4, 0.5) is 5.69 Å². The molecular formula is C21H25ClN4O2. The Bertz CT molecular complexity index is 856. The number of hydrogen-bond acceptors (Lipinski definition) is 3. The van der Waals surface area contributed by atoms with Crippen molar-refractivity contribution in [2.75, 3.05) is 25.0 Å². The number of aliphatic hydroxyl groups excluding tert-OH is 1. The zero-order chi connectivity index (χ0) is 19.9. The number of carbonyl (C=O) groups excluding carboxylic acids is 1. The van der Waals surface area contributed by atoms with Crippen molar-refractivity contribution in [3.8, 4) is 0 Å². The molecule has 148 valence electrons. The van der Waals surface area contributed by atoms with Gasteiger partial charge in [0.2, 0.25) is 5.91 Å². The number of aliphatic imine (C=N–C) groups is 1. The van der Waals surface area contributed by atoms with Gasteiger partial charge in [0, 0.05) is 41.7 Å². The fourth-order valence-corrected chi connectivity index (χ4v) is 3.53. The number of nitrogens with one attached hydrogen (secondary N) is 3. The summed E-state index contributed by atoms with van der Waals surface area (Å²) in [7, 11) is 0. The summed E-state index contributed by atoms with van der Waals surface area (Å²) in [5.41, 5.74) is 2.63. The highest BCUT2D eigenvalue weighted by molar-refractivity contribution is 6.31. The minimum Gasteiger partial charge on any atom is -0.386 e. The average molecular weight is 401 g/mol. The molecular weight excluding hydrogens is 376 g/mol. The van der Waals surface area contributed by atoms with Crippen molar-refractivity contribution in [1.82, 2.24) is 10.6 Å². The van der Waals surface area contributed by atoms with Crippen LogP contribution >= 0.6 is 11.6 Å². The van der Waals surface area contributed by atoms with E-state index in [2.05, 4.69) is 20.9 Å². The Kier molecular flexibility index (Phi) is 6.90. The van der Waals surface area contributed by atoms with E-state index in [1.807, 2.05) is 43.3 Å². The van der Waals surface area contributed by atoms with Gasteiger partial charge in [-0.25, -0.2) is 0 Å². The van der Waals surface area contributed by atoms with Crippen LogP contribution in [0.15, 0.2) is 53.5 Å². The molecule has 0 saturated heterocycles. The highest BCUT2D eigenvalue weighted by Gasteiger charge is 2.24. The third-order valence-electron chi connectivity index (χ3n) is 4.65. The Balaban J connectivity index is 1.66. The summed E-state index contributed by atoms with van der Waals surface area (Å²) in [6, 6.07) is 15.0. The summed E-state index contributed by atoms with van der Waals surface area (Å²) in [6.45, 7) is 3.42. The molecule has 3 rings (SSSR count). The topological polar surface area (TPSA) is 85.8 Å². The van der Waals surface area contributed by atoms with Gasteiger partial charge in [0.15, 0.2) is 5.96 Å². The maximum absolute atomic E-state index is 12.0. The van der Waals surface area contributed by atoms with Crippen molar-refractivity contribution in [2.24, 2.45) is 4.99 Å². The maximum atomic E-state index is 12.0. The highest BCUT2D eigenvalue weighted by Crippen LogP contribution is 2.31. The molecule has 0 aromatic heterocycles. The molecule has 0 bridgehead atoms. The van der Waals surface area contributed by atoms with E-state index in [1.54, 1.807) is 12.1 Å². The Morgan fingerprint density at radius 3 is 2.79 bits per heavy atom. The van der Waals surface area contributed by atoms with Crippen LogP contribution in [0.5, 0.6) is 0 Å². The van der Waals surface area contributed by atoms with Crippen LogP contribution in [0.1, 0.15) is 36.5 Å². The maximum Gasteiger partial charge on any atom is 0.225 e. The van der Waals surface area contributed by atoms with Gasteiger partial charge in [-0.15, -0.1) is 0 Å². The van der Waals surface area contributed by atoms with Gasteiger partial charge in [-0.1, -0.05) is 48.0 Å². The molecule has 6 nitrogen and oxygen atoms in total. The molecule has 0 saturated carbocycles. The molecule has 2 unspecified atom stereocenters. The monoisotopic (exact) mass is 400 g/mol. The predicted molar refractivity (Wildman–Crippen MR) is 113 cm³/mol. The van der Waals surface area contributed by atoms with Gasteiger partial charge in [0.1, 0.15) is 6.10 Å². The predicted octanol–water partition coefficient (Wildman–Crippen LogP) is 3.05. The molecule has 2 aromatic carbocycles. The van der Waals surface area contributed by atoms with E-state index in [9.17, 15) is 9.90 Å². The van der Waals surface area contributed by atoms with Gasteiger partial charge < -0.3 is 21.1 Å². The molecule has 2 aromatic rings. The van der Waals surface area contributed by atoms with E-state index < -0.39 is 6.10 Å². The van der Waals surface area contributed by atoms with Crippen LogP contribution in [-0.2, 0) is 4.79 Å². The third-order valence-corrected chi connectivity index (χ3v) is 5.00. The summed E-state index contributed by atoms with van der Waals surface area (Å²) < 4.78 is 0. The van der Waals surface area contributed by atoms with Crippen LogP contribution in [0.25, 0.3) is 0 Å². The number of nitrogens with zero attached hydrogens (tertiary/aromatic N) is 1. The molecule has 0 fully saturated rings. The number of benzene rings is 2. The van der Waals surface area contributed by atoms with Crippen LogP contribution in [0.2, 0.25) is 5.02 Å². The lowest BCUT2D eigenvalue weighted by atomic mass is 9.90. The summed E-state index contributed by atoms with van der Waals surface area (Å²) >= 11 is 6.14. The van der Waals surface area contributed by atoms with E-state index in [4.69, 9.17) is 11.6 Å².